The summed E-state index contributed by atoms with van der Waals surface area (Å²) in [6, 6.07) is 0. The number of thioether (sulfide) groups is 1. The maximum Gasteiger partial charge on any atom is 0.401 e. The van der Waals surface area contributed by atoms with E-state index in [2.05, 4.69) is 4.74 Å². The number of hydrogen-bond acceptors (Lipinski definition) is 3. The molecule has 0 fully saturated rings. The molecule has 0 aliphatic rings. The number of carboxylic acid groups (broad SMARTS) is 1. The average Bonchev–Trinajstić information content (AvgIpc) is 2.00. The third kappa shape index (κ3) is 6.09. The normalized spacial score (nSPS) is 14.0. The summed E-state index contributed by atoms with van der Waals surface area (Å²) >= 11 is 0.551. The molecular formula is C7H11F3O3S. The maximum absolute atomic E-state index is 12.2. The number of methoxy groups -OCH3 is 1. The SMILES string of the molecule is COCCSC(CC(=O)O)C(F)(F)F. The first-order valence-electron chi connectivity index (χ1n) is 3.77. The van der Waals surface area contributed by atoms with Crippen molar-refractivity contribution >= 4 is 17.7 Å². The summed E-state index contributed by atoms with van der Waals surface area (Å²) in [6.45, 7) is 0.177. The number of rotatable bonds is 6. The molecule has 0 heterocycles. The van der Waals surface area contributed by atoms with Crippen molar-refractivity contribution in [1.29, 1.82) is 0 Å². The zero-order valence-corrected chi connectivity index (χ0v) is 8.32. The number of hydrogen-bond donors (Lipinski definition) is 1. The van der Waals surface area contributed by atoms with Crippen LogP contribution in [-0.2, 0) is 9.53 Å². The second-order valence-corrected chi connectivity index (χ2v) is 3.80. The quantitative estimate of drug-likeness (QED) is 0.709. The molecule has 0 amide bonds. The molecule has 7 heteroatoms. The van der Waals surface area contributed by atoms with Gasteiger partial charge in [-0.15, -0.1) is 11.8 Å². The predicted octanol–water partition coefficient (Wildman–Crippen LogP) is 1.77. The zero-order valence-electron chi connectivity index (χ0n) is 7.50. The molecule has 0 spiro atoms. The molecule has 0 aliphatic heterocycles. The lowest BCUT2D eigenvalue weighted by Gasteiger charge is -2.17. The molecule has 0 aromatic rings. The van der Waals surface area contributed by atoms with Crippen LogP contribution in [-0.4, -0.2) is 42.0 Å². The van der Waals surface area contributed by atoms with Gasteiger partial charge in [-0.05, 0) is 0 Å². The van der Waals surface area contributed by atoms with Crippen LogP contribution in [0.5, 0.6) is 0 Å². The molecule has 0 saturated carbocycles. The summed E-state index contributed by atoms with van der Waals surface area (Å²) in [5.41, 5.74) is 0. The largest absolute Gasteiger partial charge is 0.481 e. The third-order valence-corrected chi connectivity index (χ3v) is 2.57. The highest BCUT2D eigenvalue weighted by Gasteiger charge is 2.41. The van der Waals surface area contributed by atoms with Crippen LogP contribution in [0.25, 0.3) is 0 Å². The van der Waals surface area contributed by atoms with Gasteiger partial charge in [0.05, 0.1) is 13.0 Å². The number of ether oxygens (including phenoxy) is 1. The van der Waals surface area contributed by atoms with Crippen LogP contribution in [0.4, 0.5) is 13.2 Å². The van der Waals surface area contributed by atoms with Gasteiger partial charge in [0.25, 0.3) is 0 Å². The van der Waals surface area contributed by atoms with E-state index in [0.29, 0.717) is 11.8 Å². The van der Waals surface area contributed by atoms with Crippen LogP contribution in [0.15, 0.2) is 0 Å². The minimum Gasteiger partial charge on any atom is -0.481 e. The fraction of sp³-hybridized carbons (Fsp3) is 0.857. The van der Waals surface area contributed by atoms with Gasteiger partial charge in [0.1, 0.15) is 5.25 Å². The summed E-state index contributed by atoms with van der Waals surface area (Å²) in [6.07, 6.45) is -5.38. The molecule has 0 bridgehead atoms. The second kappa shape index (κ2) is 6.13. The molecule has 0 aliphatic carbocycles. The molecule has 84 valence electrons. The Morgan fingerprint density at radius 1 is 1.57 bits per heavy atom. The zero-order chi connectivity index (χ0) is 11.2. The Labute approximate surface area is 83.6 Å². The van der Waals surface area contributed by atoms with Crippen LogP contribution in [0.1, 0.15) is 6.42 Å². The Balaban J connectivity index is 4.05. The van der Waals surface area contributed by atoms with Crippen molar-refractivity contribution in [3.8, 4) is 0 Å². The number of carboxylic acids is 1. The third-order valence-electron chi connectivity index (χ3n) is 1.33. The lowest BCUT2D eigenvalue weighted by molar-refractivity contribution is -0.149. The predicted molar refractivity (Wildman–Crippen MR) is 46.4 cm³/mol. The number of aliphatic carboxylic acids is 1. The van der Waals surface area contributed by atoms with Gasteiger partial charge >= 0.3 is 12.1 Å². The van der Waals surface area contributed by atoms with Crippen LogP contribution in [0.2, 0.25) is 0 Å². The summed E-state index contributed by atoms with van der Waals surface area (Å²) in [5, 5.41) is 6.41. The first-order chi connectivity index (χ1) is 6.38. The van der Waals surface area contributed by atoms with Gasteiger partial charge in [-0.3, -0.25) is 4.79 Å². The van der Waals surface area contributed by atoms with Crippen molar-refractivity contribution in [2.75, 3.05) is 19.5 Å². The molecule has 1 N–H and O–H groups in total. The van der Waals surface area contributed by atoms with E-state index in [1.165, 1.54) is 7.11 Å². The Kier molecular flexibility index (Phi) is 5.94. The van der Waals surface area contributed by atoms with E-state index in [1.54, 1.807) is 0 Å². The first kappa shape index (κ1) is 13.6. The van der Waals surface area contributed by atoms with E-state index in [1.807, 2.05) is 0 Å². The standard InChI is InChI=1S/C7H11F3O3S/c1-13-2-3-14-5(4-6(11)12)7(8,9)10/h5H,2-4H2,1H3,(H,11,12). The molecular weight excluding hydrogens is 221 g/mol. The van der Waals surface area contributed by atoms with Crippen molar-refractivity contribution < 1.29 is 27.8 Å². The van der Waals surface area contributed by atoms with Crippen molar-refractivity contribution in [3.05, 3.63) is 0 Å². The first-order valence-corrected chi connectivity index (χ1v) is 4.82. The Morgan fingerprint density at radius 3 is 2.50 bits per heavy atom. The molecule has 0 aromatic heterocycles. The smallest absolute Gasteiger partial charge is 0.401 e. The van der Waals surface area contributed by atoms with Crippen LogP contribution < -0.4 is 0 Å². The van der Waals surface area contributed by atoms with E-state index in [9.17, 15) is 18.0 Å². The van der Waals surface area contributed by atoms with Gasteiger partial charge in [-0.1, -0.05) is 0 Å². The molecule has 0 saturated heterocycles. The minimum atomic E-state index is -4.48. The Hall–Kier alpha value is -0.430. The van der Waals surface area contributed by atoms with E-state index < -0.39 is 23.8 Å². The number of halogens is 3. The summed E-state index contributed by atoms with van der Waals surface area (Å²) in [5.74, 6) is -1.31. The second-order valence-electron chi connectivity index (χ2n) is 2.49. The van der Waals surface area contributed by atoms with Crippen molar-refractivity contribution in [2.45, 2.75) is 17.8 Å². The fourth-order valence-electron chi connectivity index (χ4n) is 0.701. The summed E-state index contributed by atoms with van der Waals surface area (Å²) < 4.78 is 41.1. The van der Waals surface area contributed by atoms with Crippen LogP contribution >= 0.6 is 11.8 Å². The number of carbonyl (C=O) groups is 1. The molecule has 1 unspecified atom stereocenters. The summed E-state index contributed by atoms with van der Waals surface area (Å²) in [7, 11) is 1.38. The molecule has 0 rings (SSSR count). The van der Waals surface area contributed by atoms with Crippen LogP contribution in [0, 0.1) is 0 Å². The van der Waals surface area contributed by atoms with Crippen molar-refractivity contribution in [2.24, 2.45) is 0 Å². The van der Waals surface area contributed by atoms with Gasteiger partial charge in [-0.2, -0.15) is 13.2 Å². The van der Waals surface area contributed by atoms with E-state index in [-0.39, 0.29) is 12.4 Å². The minimum absolute atomic E-state index is 0.133. The topological polar surface area (TPSA) is 46.5 Å². The molecule has 0 aromatic carbocycles. The molecule has 1 atom stereocenters. The van der Waals surface area contributed by atoms with Crippen molar-refractivity contribution in [3.63, 3.8) is 0 Å². The Bertz CT molecular complexity index is 184. The van der Waals surface area contributed by atoms with E-state index in [4.69, 9.17) is 5.11 Å². The lowest BCUT2D eigenvalue weighted by Crippen LogP contribution is -2.29. The van der Waals surface area contributed by atoms with Crippen LogP contribution in [0.3, 0.4) is 0 Å². The summed E-state index contributed by atoms with van der Waals surface area (Å²) in [4.78, 5) is 10.1. The lowest BCUT2D eigenvalue weighted by atomic mass is 10.3. The highest BCUT2D eigenvalue weighted by atomic mass is 32.2. The molecule has 14 heavy (non-hydrogen) atoms. The highest BCUT2D eigenvalue weighted by molar-refractivity contribution is 8.00. The maximum atomic E-state index is 12.2. The molecule has 0 radical (unpaired) electrons. The van der Waals surface area contributed by atoms with Gasteiger partial charge < -0.3 is 9.84 Å². The van der Waals surface area contributed by atoms with Gasteiger partial charge in [0, 0.05) is 12.9 Å². The fourth-order valence-corrected chi connectivity index (χ4v) is 1.70. The van der Waals surface area contributed by atoms with Gasteiger partial charge in [0.15, 0.2) is 0 Å². The average molecular weight is 232 g/mol. The highest BCUT2D eigenvalue weighted by Crippen LogP contribution is 2.32. The van der Waals surface area contributed by atoms with Gasteiger partial charge in [0.2, 0.25) is 0 Å². The van der Waals surface area contributed by atoms with E-state index in [0.717, 1.165) is 0 Å². The Morgan fingerprint density at radius 2 is 2.14 bits per heavy atom. The monoisotopic (exact) mass is 232 g/mol. The van der Waals surface area contributed by atoms with Gasteiger partial charge in [-0.25, -0.2) is 0 Å². The molecule has 3 nitrogen and oxygen atoms in total. The van der Waals surface area contributed by atoms with Crippen molar-refractivity contribution in [1.82, 2.24) is 0 Å². The van der Waals surface area contributed by atoms with E-state index >= 15 is 0 Å². The number of alkyl halides is 3.